The van der Waals surface area contributed by atoms with Gasteiger partial charge in [-0.1, -0.05) is 24.3 Å². The second kappa shape index (κ2) is 11.8. The molecule has 0 saturated heterocycles. The van der Waals surface area contributed by atoms with Gasteiger partial charge in [0.15, 0.2) is 17.5 Å². The van der Waals surface area contributed by atoms with Crippen LogP contribution in [-0.4, -0.2) is 51.0 Å². The first-order valence-corrected chi connectivity index (χ1v) is 9.71. The van der Waals surface area contributed by atoms with Crippen LogP contribution in [0.5, 0.6) is 17.2 Å². The lowest BCUT2D eigenvalue weighted by molar-refractivity contribution is 0.187. The summed E-state index contributed by atoms with van der Waals surface area (Å²) < 4.78 is 16.4. The number of nitrogens with one attached hydrogen (secondary N) is 2. The maximum absolute atomic E-state index is 10.4. The Bertz CT molecular complexity index is 765. The van der Waals surface area contributed by atoms with Crippen LogP contribution in [0.2, 0.25) is 0 Å². The number of para-hydroxylation sites is 2. The third kappa shape index (κ3) is 7.19. The fourth-order valence-corrected chi connectivity index (χ4v) is 2.67. The van der Waals surface area contributed by atoms with Crippen molar-refractivity contribution in [3.63, 3.8) is 0 Å². The summed E-state index contributed by atoms with van der Waals surface area (Å²) in [4.78, 5) is 4.48. The first kappa shape index (κ1) is 22.4. The van der Waals surface area contributed by atoms with Gasteiger partial charge in [0, 0.05) is 6.54 Å². The van der Waals surface area contributed by atoms with Gasteiger partial charge in [-0.05, 0) is 43.7 Å². The maximum Gasteiger partial charge on any atom is 0.191 e. The van der Waals surface area contributed by atoms with Crippen molar-refractivity contribution in [3.8, 4) is 17.2 Å². The van der Waals surface area contributed by atoms with Gasteiger partial charge in [0.05, 0.1) is 33.4 Å². The fraction of sp³-hybridized carbons (Fsp3) is 0.409. The van der Waals surface area contributed by atoms with E-state index in [1.165, 1.54) is 0 Å². The van der Waals surface area contributed by atoms with E-state index in [0.29, 0.717) is 30.5 Å². The van der Waals surface area contributed by atoms with Gasteiger partial charge in [-0.25, -0.2) is 0 Å². The molecule has 2 rings (SSSR count). The van der Waals surface area contributed by atoms with Crippen molar-refractivity contribution >= 4 is 5.96 Å². The number of benzene rings is 2. The molecule has 7 heteroatoms. The number of ether oxygens (including phenoxy) is 3. The van der Waals surface area contributed by atoms with E-state index in [4.69, 9.17) is 14.2 Å². The molecule has 29 heavy (non-hydrogen) atoms. The minimum atomic E-state index is -0.696. The van der Waals surface area contributed by atoms with Crippen LogP contribution in [0.3, 0.4) is 0 Å². The van der Waals surface area contributed by atoms with Gasteiger partial charge in [-0.3, -0.25) is 4.99 Å². The molecule has 2 aromatic carbocycles. The molecule has 0 aliphatic carbocycles. The molecule has 0 fully saturated rings. The van der Waals surface area contributed by atoms with Crippen LogP contribution in [0.1, 0.15) is 25.5 Å². The minimum absolute atomic E-state index is 0.110. The summed E-state index contributed by atoms with van der Waals surface area (Å²) in [5.74, 6) is 2.77. The zero-order valence-electron chi connectivity index (χ0n) is 17.5. The molecule has 2 unspecified atom stereocenters. The molecule has 158 valence electrons. The molecule has 7 nitrogen and oxygen atoms in total. The number of guanidine groups is 1. The number of aliphatic hydroxyl groups is 1. The van der Waals surface area contributed by atoms with Crippen molar-refractivity contribution in [1.29, 1.82) is 0 Å². The van der Waals surface area contributed by atoms with Crippen LogP contribution in [-0.2, 0) is 0 Å². The quantitative estimate of drug-likeness (QED) is 0.419. The SMILES string of the molecule is CCNC(=NCC(O)c1ccc(OC)cc1)NCC(C)Oc1ccccc1OC. The smallest absolute Gasteiger partial charge is 0.191 e. The van der Waals surface area contributed by atoms with E-state index < -0.39 is 6.10 Å². The van der Waals surface area contributed by atoms with Crippen molar-refractivity contribution in [2.24, 2.45) is 4.99 Å². The molecule has 0 heterocycles. The topological polar surface area (TPSA) is 84.3 Å². The van der Waals surface area contributed by atoms with Gasteiger partial charge in [0.1, 0.15) is 11.9 Å². The highest BCUT2D eigenvalue weighted by Gasteiger charge is 2.11. The molecule has 2 aromatic rings. The molecular formula is C22H31N3O4. The number of hydrogen-bond donors (Lipinski definition) is 3. The van der Waals surface area contributed by atoms with Crippen LogP contribution in [0.25, 0.3) is 0 Å². The summed E-state index contributed by atoms with van der Waals surface area (Å²) in [6, 6.07) is 14.9. The molecule has 0 bridgehead atoms. The first-order valence-electron chi connectivity index (χ1n) is 9.71. The molecule has 0 saturated carbocycles. The molecule has 0 spiro atoms. The van der Waals surface area contributed by atoms with Crippen molar-refractivity contribution < 1.29 is 19.3 Å². The zero-order chi connectivity index (χ0) is 21.1. The first-order chi connectivity index (χ1) is 14.1. The largest absolute Gasteiger partial charge is 0.497 e. The van der Waals surface area contributed by atoms with E-state index in [1.54, 1.807) is 14.2 Å². The maximum atomic E-state index is 10.4. The average Bonchev–Trinajstić information content (AvgIpc) is 2.75. The fourth-order valence-electron chi connectivity index (χ4n) is 2.67. The summed E-state index contributed by atoms with van der Waals surface area (Å²) in [6.07, 6.45) is -0.805. The monoisotopic (exact) mass is 401 g/mol. The molecule has 0 amide bonds. The highest BCUT2D eigenvalue weighted by Crippen LogP contribution is 2.26. The number of aliphatic hydroxyl groups excluding tert-OH is 1. The Morgan fingerprint density at radius 3 is 2.31 bits per heavy atom. The molecule has 0 aliphatic heterocycles. The Balaban J connectivity index is 1.90. The van der Waals surface area contributed by atoms with Gasteiger partial charge < -0.3 is 30.0 Å². The van der Waals surface area contributed by atoms with E-state index >= 15 is 0 Å². The van der Waals surface area contributed by atoms with Crippen LogP contribution < -0.4 is 24.8 Å². The van der Waals surface area contributed by atoms with Gasteiger partial charge >= 0.3 is 0 Å². The van der Waals surface area contributed by atoms with Gasteiger partial charge in [-0.15, -0.1) is 0 Å². The van der Waals surface area contributed by atoms with Crippen molar-refractivity contribution in [2.75, 3.05) is 33.9 Å². The molecule has 3 N–H and O–H groups in total. The predicted molar refractivity (Wildman–Crippen MR) is 115 cm³/mol. The summed E-state index contributed by atoms with van der Waals surface area (Å²) in [7, 11) is 3.23. The van der Waals surface area contributed by atoms with E-state index in [0.717, 1.165) is 11.3 Å². The zero-order valence-corrected chi connectivity index (χ0v) is 17.5. The predicted octanol–water partition coefficient (Wildman–Crippen LogP) is 2.76. The Labute approximate surface area is 172 Å². The van der Waals surface area contributed by atoms with E-state index in [2.05, 4.69) is 15.6 Å². The van der Waals surface area contributed by atoms with E-state index in [1.807, 2.05) is 62.4 Å². The summed E-state index contributed by atoms with van der Waals surface area (Å²) in [5.41, 5.74) is 0.790. The molecule has 2 atom stereocenters. The number of aliphatic imine (C=N–C) groups is 1. The summed E-state index contributed by atoms with van der Waals surface area (Å²) in [6.45, 7) is 5.46. The van der Waals surface area contributed by atoms with E-state index in [9.17, 15) is 5.11 Å². The molecule has 0 aliphatic rings. The Morgan fingerprint density at radius 1 is 1.00 bits per heavy atom. The van der Waals surface area contributed by atoms with Crippen molar-refractivity contribution in [3.05, 3.63) is 54.1 Å². The normalized spacial score (nSPS) is 13.3. The number of methoxy groups -OCH3 is 2. The summed E-state index contributed by atoms with van der Waals surface area (Å²) >= 11 is 0. The second-order valence-corrected chi connectivity index (χ2v) is 6.47. The van der Waals surface area contributed by atoms with Gasteiger partial charge in [0.2, 0.25) is 0 Å². The number of rotatable bonds is 10. The van der Waals surface area contributed by atoms with Gasteiger partial charge in [0.25, 0.3) is 0 Å². The second-order valence-electron chi connectivity index (χ2n) is 6.47. The average molecular weight is 402 g/mol. The Hall–Kier alpha value is -2.93. The standard InChI is InChI=1S/C22H31N3O4/c1-5-23-22(25-15-19(26)17-10-12-18(27-3)13-11-17)24-14-16(2)29-21-9-7-6-8-20(21)28-4/h6-13,16,19,26H,5,14-15H2,1-4H3,(H2,23,24,25). The number of hydrogen-bond acceptors (Lipinski definition) is 5. The Morgan fingerprint density at radius 2 is 1.69 bits per heavy atom. The lowest BCUT2D eigenvalue weighted by atomic mass is 10.1. The van der Waals surface area contributed by atoms with Crippen molar-refractivity contribution in [2.45, 2.75) is 26.1 Å². The lowest BCUT2D eigenvalue weighted by Crippen LogP contribution is -2.42. The number of nitrogens with zero attached hydrogens (tertiary/aromatic N) is 1. The van der Waals surface area contributed by atoms with Crippen LogP contribution in [0, 0.1) is 0 Å². The summed E-state index contributed by atoms with van der Waals surface area (Å²) in [5, 5.41) is 16.8. The van der Waals surface area contributed by atoms with E-state index in [-0.39, 0.29) is 12.6 Å². The van der Waals surface area contributed by atoms with Crippen LogP contribution in [0.4, 0.5) is 0 Å². The van der Waals surface area contributed by atoms with Crippen LogP contribution in [0.15, 0.2) is 53.5 Å². The third-order valence-electron chi connectivity index (χ3n) is 4.22. The molecule has 0 aromatic heterocycles. The molecule has 0 radical (unpaired) electrons. The highest BCUT2D eigenvalue weighted by atomic mass is 16.5. The highest BCUT2D eigenvalue weighted by molar-refractivity contribution is 5.79. The third-order valence-corrected chi connectivity index (χ3v) is 4.22. The van der Waals surface area contributed by atoms with Gasteiger partial charge in [-0.2, -0.15) is 0 Å². The van der Waals surface area contributed by atoms with Crippen molar-refractivity contribution in [1.82, 2.24) is 10.6 Å². The van der Waals surface area contributed by atoms with Crippen LogP contribution >= 0.6 is 0 Å². The molecular weight excluding hydrogens is 370 g/mol. The Kier molecular flexibility index (Phi) is 9.11. The lowest BCUT2D eigenvalue weighted by Gasteiger charge is -2.19. The minimum Gasteiger partial charge on any atom is -0.497 e.